The predicted octanol–water partition coefficient (Wildman–Crippen LogP) is 5.75. The lowest BCUT2D eigenvalue weighted by atomic mass is 10.2. The summed E-state index contributed by atoms with van der Waals surface area (Å²) >= 11 is 11.2. The van der Waals surface area contributed by atoms with E-state index in [1.54, 1.807) is 13.3 Å². The molecule has 0 aliphatic carbocycles. The fourth-order valence-electron chi connectivity index (χ4n) is 3.26. The van der Waals surface area contributed by atoms with Gasteiger partial charge in [-0.05, 0) is 42.0 Å². The van der Waals surface area contributed by atoms with Crippen LogP contribution in [0.1, 0.15) is 11.1 Å². The lowest BCUT2D eigenvalue weighted by molar-refractivity contribution is -0.118. The SMILES string of the molecule is COc1ccc(Br)cc1/C=N\NC(=O)CSc1nc2ccccc2n1Cc1ccccc1Cl. The summed E-state index contributed by atoms with van der Waals surface area (Å²) < 4.78 is 8.28. The van der Waals surface area contributed by atoms with Gasteiger partial charge in [0.1, 0.15) is 5.75 Å². The molecule has 1 aromatic heterocycles. The summed E-state index contributed by atoms with van der Waals surface area (Å²) in [4.78, 5) is 17.1. The molecule has 33 heavy (non-hydrogen) atoms. The summed E-state index contributed by atoms with van der Waals surface area (Å²) in [6.45, 7) is 0.560. The first-order chi connectivity index (χ1) is 16.0. The van der Waals surface area contributed by atoms with Crippen LogP contribution in [-0.4, -0.2) is 34.5 Å². The zero-order valence-corrected chi connectivity index (χ0v) is 20.8. The number of fused-ring (bicyclic) bond motifs is 1. The van der Waals surface area contributed by atoms with Crippen LogP contribution >= 0.6 is 39.3 Å². The van der Waals surface area contributed by atoms with Crippen molar-refractivity contribution >= 4 is 62.4 Å². The first-order valence-corrected chi connectivity index (χ1v) is 12.2. The van der Waals surface area contributed by atoms with E-state index < -0.39 is 0 Å². The van der Waals surface area contributed by atoms with Gasteiger partial charge in [0.15, 0.2) is 5.16 Å². The van der Waals surface area contributed by atoms with Crippen LogP contribution in [0.5, 0.6) is 5.75 Å². The smallest absolute Gasteiger partial charge is 0.250 e. The van der Waals surface area contributed by atoms with Crippen molar-refractivity contribution in [2.24, 2.45) is 5.10 Å². The van der Waals surface area contributed by atoms with Crippen molar-refractivity contribution in [3.05, 3.63) is 87.4 Å². The Morgan fingerprint density at radius 1 is 1.21 bits per heavy atom. The fourth-order valence-corrected chi connectivity index (χ4v) is 4.64. The summed E-state index contributed by atoms with van der Waals surface area (Å²) in [5.74, 6) is 0.596. The number of benzene rings is 3. The van der Waals surface area contributed by atoms with Gasteiger partial charge in [-0.2, -0.15) is 5.10 Å². The number of para-hydroxylation sites is 2. The number of halogens is 2. The Balaban J connectivity index is 1.46. The van der Waals surface area contributed by atoms with Crippen LogP contribution in [0.25, 0.3) is 11.0 Å². The molecule has 0 radical (unpaired) electrons. The molecule has 9 heteroatoms. The molecule has 0 bridgehead atoms. The number of amides is 1. The molecule has 1 heterocycles. The van der Waals surface area contributed by atoms with Gasteiger partial charge in [0.05, 0.1) is 36.7 Å². The number of nitrogens with zero attached hydrogens (tertiary/aromatic N) is 3. The van der Waals surface area contributed by atoms with E-state index in [4.69, 9.17) is 21.3 Å². The largest absolute Gasteiger partial charge is 0.496 e. The zero-order valence-electron chi connectivity index (χ0n) is 17.7. The van der Waals surface area contributed by atoms with Crippen molar-refractivity contribution in [3.8, 4) is 5.75 Å². The molecule has 0 fully saturated rings. The molecule has 4 rings (SSSR count). The van der Waals surface area contributed by atoms with E-state index in [2.05, 4.69) is 31.0 Å². The minimum Gasteiger partial charge on any atom is -0.496 e. The van der Waals surface area contributed by atoms with E-state index in [9.17, 15) is 4.79 Å². The zero-order chi connectivity index (χ0) is 23.2. The van der Waals surface area contributed by atoms with Crippen LogP contribution in [0.4, 0.5) is 0 Å². The average Bonchev–Trinajstić information content (AvgIpc) is 3.17. The number of rotatable bonds is 8. The van der Waals surface area contributed by atoms with Crippen LogP contribution in [0.15, 0.2) is 81.5 Å². The number of hydrogen-bond donors (Lipinski definition) is 1. The van der Waals surface area contributed by atoms with E-state index in [0.29, 0.717) is 17.3 Å². The number of aromatic nitrogens is 2. The van der Waals surface area contributed by atoms with Crippen molar-refractivity contribution in [1.82, 2.24) is 15.0 Å². The van der Waals surface area contributed by atoms with Gasteiger partial charge in [0.2, 0.25) is 0 Å². The van der Waals surface area contributed by atoms with Gasteiger partial charge in [-0.25, -0.2) is 10.4 Å². The molecule has 168 valence electrons. The van der Waals surface area contributed by atoms with Gasteiger partial charge in [-0.3, -0.25) is 4.79 Å². The summed E-state index contributed by atoms with van der Waals surface area (Å²) in [6, 6.07) is 21.2. The molecule has 0 aliphatic heterocycles. The van der Waals surface area contributed by atoms with E-state index in [-0.39, 0.29) is 11.7 Å². The molecule has 1 N–H and O–H groups in total. The number of imidazole rings is 1. The van der Waals surface area contributed by atoms with E-state index in [1.165, 1.54) is 11.8 Å². The van der Waals surface area contributed by atoms with Gasteiger partial charge in [0, 0.05) is 15.1 Å². The van der Waals surface area contributed by atoms with Crippen molar-refractivity contribution in [2.75, 3.05) is 12.9 Å². The predicted molar refractivity (Wildman–Crippen MR) is 137 cm³/mol. The fraction of sp³-hybridized carbons (Fsp3) is 0.125. The first kappa shape index (κ1) is 23.4. The molecule has 6 nitrogen and oxygen atoms in total. The normalized spacial score (nSPS) is 11.2. The summed E-state index contributed by atoms with van der Waals surface area (Å²) in [6.07, 6.45) is 1.55. The highest BCUT2D eigenvalue weighted by Crippen LogP contribution is 2.27. The standard InChI is InChI=1S/C24H20BrClN4O2S/c1-32-22-11-10-18(25)12-17(22)13-27-29-23(31)15-33-24-28-20-8-4-5-9-21(20)30(24)14-16-6-2-3-7-19(16)26/h2-13H,14-15H2,1H3,(H,29,31)/b27-13-. The average molecular weight is 544 g/mol. The van der Waals surface area contributed by atoms with Gasteiger partial charge in [0.25, 0.3) is 5.91 Å². The number of hydrogen-bond acceptors (Lipinski definition) is 5. The maximum atomic E-state index is 12.4. The molecule has 0 saturated heterocycles. The number of carbonyl (C=O) groups is 1. The molecule has 0 atom stereocenters. The Kier molecular flexibility index (Phi) is 7.69. The van der Waals surface area contributed by atoms with Crippen molar-refractivity contribution in [3.63, 3.8) is 0 Å². The van der Waals surface area contributed by atoms with Crippen molar-refractivity contribution < 1.29 is 9.53 Å². The maximum Gasteiger partial charge on any atom is 0.250 e. The molecule has 0 unspecified atom stereocenters. The second-order valence-corrected chi connectivity index (χ2v) is 9.29. The Morgan fingerprint density at radius 3 is 2.82 bits per heavy atom. The van der Waals surface area contributed by atoms with E-state index in [1.807, 2.05) is 66.7 Å². The monoisotopic (exact) mass is 542 g/mol. The topological polar surface area (TPSA) is 68.5 Å². The third-order valence-electron chi connectivity index (χ3n) is 4.82. The van der Waals surface area contributed by atoms with Crippen LogP contribution in [0.2, 0.25) is 5.02 Å². The molecule has 3 aromatic carbocycles. The van der Waals surface area contributed by atoms with Gasteiger partial charge < -0.3 is 9.30 Å². The Hall–Kier alpha value is -2.81. The third-order valence-corrected chi connectivity index (χ3v) is 6.66. The number of methoxy groups -OCH3 is 1. The number of ether oxygens (including phenoxy) is 1. The van der Waals surface area contributed by atoms with Crippen LogP contribution in [-0.2, 0) is 11.3 Å². The number of thioether (sulfide) groups is 1. The molecule has 4 aromatic rings. The van der Waals surface area contributed by atoms with Crippen LogP contribution in [0.3, 0.4) is 0 Å². The lowest BCUT2D eigenvalue weighted by Gasteiger charge is -2.10. The molecule has 1 amide bonds. The number of nitrogens with one attached hydrogen (secondary N) is 1. The van der Waals surface area contributed by atoms with Gasteiger partial charge >= 0.3 is 0 Å². The molecular weight excluding hydrogens is 524 g/mol. The molecular formula is C24H20BrClN4O2S. The molecule has 0 saturated carbocycles. The van der Waals surface area contributed by atoms with E-state index >= 15 is 0 Å². The highest BCUT2D eigenvalue weighted by atomic mass is 79.9. The van der Waals surface area contributed by atoms with Crippen molar-refractivity contribution in [1.29, 1.82) is 0 Å². The van der Waals surface area contributed by atoms with E-state index in [0.717, 1.165) is 31.8 Å². The third kappa shape index (κ3) is 5.76. The van der Waals surface area contributed by atoms with Crippen LogP contribution < -0.4 is 10.2 Å². The lowest BCUT2D eigenvalue weighted by Crippen LogP contribution is -2.20. The van der Waals surface area contributed by atoms with Crippen LogP contribution in [0, 0.1) is 0 Å². The summed E-state index contributed by atoms with van der Waals surface area (Å²) in [5, 5.41) is 5.50. The first-order valence-electron chi connectivity index (χ1n) is 10.0. The quantitative estimate of drug-likeness (QED) is 0.175. The Labute approximate surface area is 209 Å². The Bertz CT molecular complexity index is 1330. The summed E-state index contributed by atoms with van der Waals surface area (Å²) in [7, 11) is 1.59. The Morgan fingerprint density at radius 2 is 2.00 bits per heavy atom. The minimum atomic E-state index is -0.235. The highest BCUT2D eigenvalue weighted by molar-refractivity contribution is 9.10. The highest BCUT2D eigenvalue weighted by Gasteiger charge is 2.14. The van der Waals surface area contributed by atoms with Crippen molar-refractivity contribution in [2.45, 2.75) is 11.7 Å². The second kappa shape index (κ2) is 10.9. The number of hydrazone groups is 1. The maximum absolute atomic E-state index is 12.4. The minimum absolute atomic E-state index is 0.165. The molecule has 0 spiro atoms. The summed E-state index contributed by atoms with van der Waals surface area (Å²) in [5.41, 5.74) is 6.16. The molecule has 0 aliphatic rings. The van der Waals surface area contributed by atoms with Gasteiger partial charge in [-0.1, -0.05) is 69.6 Å². The second-order valence-electron chi connectivity index (χ2n) is 7.03. The van der Waals surface area contributed by atoms with Gasteiger partial charge in [-0.15, -0.1) is 0 Å². The number of carbonyl (C=O) groups excluding carboxylic acids is 1.